The van der Waals surface area contributed by atoms with Gasteiger partial charge in [0, 0.05) is 11.6 Å². The fourth-order valence-electron chi connectivity index (χ4n) is 3.39. The molecule has 0 radical (unpaired) electrons. The topological polar surface area (TPSA) is 90.0 Å². The molecule has 7 nitrogen and oxygen atoms in total. The molecule has 28 heavy (non-hydrogen) atoms. The first-order chi connectivity index (χ1) is 13.2. The first kappa shape index (κ1) is 19.9. The molecule has 148 valence electrons. The van der Waals surface area contributed by atoms with Crippen LogP contribution in [0.25, 0.3) is 0 Å². The molecule has 0 saturated heterocycles. The van der Waals surface area contributed by atoms with Gasteiger partial charge in [-0.05, 0) is 49.2 Å². The van der Waals surface area contributed by atoms with E-state index in [1.54, 1.807) is 42.5 Å². The fraction of sp³-hybridized carbons (Fsp3) is 0.300. The van der Waals surface area contributed by atoms with Gasteiger partial charge in [-0.25, -0.2) is 13.2 Å². The van der Waals surface area contributed by atoms with Crippen LogP contribution in [0.5, 0.6) is 5.75 Å². The second-order valence-corrected chi connectivity index (χ2v) is 8.51. The molecule has 0 fully saturated rings. The van der Waals surface area contributed by atoms with Crippen molar-refractivity contribution in [3.8, 4) is 5.75 Å². The Morgan fingerprint density at radius 2 is 1.89 bits per heavy atom. The molecule has 1 atom stereocenters. The minimum Gasteiger partial charge on any atom is -0.496 e. The van der Waals surface area contributed by atoms with Crippen LogP contribution in [0, 0.1) is 0 Å². The number of rotatable bonds is 6. The molecular formula is C20H21NO6S. The molecule has 0 unspecified atom stereocenters. The van der Waals surface area contributed by atoms with Gasteiger partial charge in [-0.15, -0.1) is 0 Å². The number of Topliss-reactive ketones (excluding diaryl/α,β-unsaturated/α-hetero) is 1. The van der Waals surface area contributed by atoms with Crippen molar-refractivity contribution < 1.29 is 27.5 Å². The lowest BCUT2D eigenvalue weighted by atomic mass is 10.0. The number of hydrogen-bond donors (Lipinski definition) is 0. The Balaban J connectivity index is 1.73. The minimum absolute atomic E-state index is 0.210. The van der Waals surface area contributed by atoms with Gasteiger partial charge in [0.1, 0.15) is 11.3 Å². The monoisotopic (exact) mass is 403 g/mol. The van der Waals surface area contributed by atoms with Gasteiger partial charge in [0.15, 0.2) is 12.4 Å². The fourth-order valence-corrected chi connectivity index (χ4v) is 4.65. The summed E-state index contributed by atoms with van der Waals surface area (Å²) in [5.74, 6) is -0.646. The van der Waals surface area contributed by atoms with E-state index in [4.69, 9.17) is 9.47 Å². The van der Waals surface area contributed by atoms with Gasteiger partial charge in [0.25, 0.3) is 0 Å². The van der Waals surface area contributed by atoms with Crippen LogP contribution in [-0.2, 0) is 21.2 Å². The van der Waals surface area contributed by atoms with Crippen LogP contribution in [0.1, 0.15) is 33.2 Å². The zero-order valence-corrected chi connectivity index (χ0v) is 16.7. The normalized spacial score (nSPS) is 15.8. The van der Waals surface area contributed by atoms with Crippen LogP contribution in [0.2, 0.25) is 0 Å². The highest BCUT2D eigenvalue weighted by Crippen LogP contribution is 2.34. The molecule has 0 saturated carbocycles. The average molecular weight is 403 g/mol. The van der Waals surface area contributed by atoms with Crippen LogP contribution in [0.15, 0.2) is 42.5 Å². The van der Waals surface area contributed by atoms with Crippen LogP contribution < -0.4 is 9.04 Å². The highest BCUT2D eigenvalue weighted by Gasteiger charge is 2.32. The van der Waals surface area contributed by atoms with Crippen molar-refractivity contribution in [2.75, 3.05) is 24.3 Å². The number of ketones is 1. The standard InChI is InChI=1S/C20H21NO6S/c1-13-10-15-11-14(8-9-17(15)21(13)28(3,24)25)18(22)12-27-20(23)16-6-4-5-7-19(16)26-2/h4-9,11,13H,10,12H2,1-3H3/t13-/m0/s1. The third kappa shape index (κ3) is 3.87. The van der Waals surface area contributed by atoms with E-state index >= 15 is 0 Å². The van der Waals surface area contributed by atoms with Crippen molar-refractivity contribution in [3.63, 3.8) is 0 Å². The number of fused-ring (bicyclic) bond motifs is 1. The zero-order valence-electron chi connectivity index (χ0n) is 15.8. The maximum atomic E-state index is 12.5. The summed E-state index contributed by atoms with van der Waals surface area (Å²) in [6.45, 7) is 1.40. The second-order valence-electron chi connectivity index (χ2n) is 6.66. The van der Waals surface area contributed by atoms with E-state index < -0.39 is 22.6 Å². The summed E-state index contributed by atoms with van der Waals surface area (Å²) in [6.07, 6.45) is 1.68. The Kier molecular flexibility index (Phi) is 5.42. The van der Waals surface area contributed by atoms with E-state index in [9.17, 15) is 18.0 Å². The Bertz CT molecular complexity index is 1030. The van der Waals surface area contributed by atoms with Gasteiger partial charge in [-0.1, -0.05) is 12.1 Å². The number of hydrogen-bond acceptors (Lipinski definition) is 6. The second kappa shape index (κ2) is 7.63. The number of methoxy groups -OCH3 is 1. The number of carbonyl (C=O) groups excluding carboxylic acids is 2. The molecular weight excluding hydrogens is 382 g/mol. The number of sulfonamides is 1. The summed E-state index contributed by atoms with van der Waals surface area (Å²) in [4.78, 5) is 24.7. The quantitative estimate of drug-likeness (QED) is 0.544. The number of esters is 1. The lowest BCUT2D eigenvalue weighted by Gasteiger charge is -2.21. The van der Waals surface area contributed by atoms with Gasteiger partial charge in [-0.3, -0.25) is 9.10 Å². The third-order valence-electron chi connectivity index (χ3n) is 4.57. The van der Waals surface area contributed by atoms with Crippen molar-refractivity contribution >= 4 is 27.5 Å². The Morgan fingerprint density at radius 3 is 2.57 bits per heavy atom. The van der Waals surface area contributed by atoms with Crippen molar-refractivity contribution in [2.45, 2.75) is 19.4 Å². The number of para-hydroxylation sites is 1. The SMILES string of the molecule is COc1ccccc1C(=O)OCC(=O)c1ccc2c(c1)C[C@H](C)N2S(C)(=O)=O. The maximum Gasteiger partial charge on any atom is 0.342 e. The highest BCUT2D eigenvalue weighted by atomic mass is 32.2. The number of anilines is 1. The summed E-state index contributed by atoms with van der Waals surface area (Å²) in [7, 11) is -1.94. The molecule has 0 aliphatic carbocycles. The molecule has 3 rings (SSSR count). The Labute approximate surface area is 163 Å². The van der Waals surface area contributed by atoms with Crippen molar-refractivity contribution in [1.82, 2.24) is 0 Å². The van der Waals surface area contributed by atoms with Crippen molar-refractivity contribution in [2.24, 2.45) is 0 Å². The average Bonchev–Trinajstić information content (AvgIpc) is 3.00. The van der Waals surface area contributed by atoms with Crippen LogP contribution in [-0.4, -0.2) is 46.2 Å². The van der Waals surface area contributed by atoms with Gasteiger partial charge in [0.05, 0.1) is 19.1 Å². The Hall–Kier alpha value is -2.87. The molecule has 0 amide bonds. The van der Waals surface area contributed by atoms with E-state index in [1.807, 2.05) is 6.92 Å². The van der Waals surface area contributed by atoms with Crippen LogP contribution >= 0.6 is 0 Å². The van der Waals surface area contributed by atoms with Gasteiger partial charge < -0.3 is 9.47 Å². The molecule has 8 heteroatoms. The molecule has 1 aliphatic heterocycles. The smallest absolute Gasteiger partial charge is 0.342 e. The molecule has 0 N–H and O–H groups in total. The van der Waals surface area contributed by atoms with E-state index in [-0.39, 0.29) is 17.4 Å². The van der Waals surface area contributed by atoms with E-state index in [0.717, 1.165) is 11.8 Å². The molecule has 1 aliphatic rings. The zero-order chi connectivity index (χ0) is 20.5. The van der Waals surface area contributed by atoms with Crippen LogP contribution in [0.3, 0.4) is 0 Å². The molecule has 1 heterocycles. The minimum atomic E-state index is -3.39. The van der Waals surface area contributed by atoms with Gasteiger partial charge in [0.2, 0.25) is 10.0 Å². The molecule has 0 spiro atoms. The summed E-state index contributed by atoms with van der Waals surface area (Å²) in [5, 5.41) is 0. The van der Waals surface area contributed by atoms with E-state index in [2.05, 4.69) is 0 Å². The lowest BCUT2D eigenvalue weighted by molar-refractivity contribution is 0.0471. The largest absolute Gasteiger partial charge is 0.496 e. The maximum absolute atomic E-state index is 12.5. The van der Waals surface area contributed by atoms with Crippen molar-refractivity contribution in [3.05, 3.63) is 59.2 Å². The summed E-state index contributed by atoms with van der Waals surface area (Å²) in [5.41, 5.74) is 1.97. The predicted octanol–water partition coefficient (Wildman–Crippen LogP) is 2.45. The summed E-state index contributed by atoms with van der Waals surface area (Å²) < 4.78 is 35.6. The number of ether oxygens (including phenoxy) is 2. The van der Waals surface area contributed by atoms with E-state index in [0.29, 0.717) is 23.4 Å². The van der Waals surface area contributed by atoms with E-state index in [1.165, 1.54) is 11.4 Å². The van der Waals surface area contributed by atoms with Crippen molar-refractivity contribution in [1.29, 1.82) is 0 Å². The highest BCUT2D eigenvalue weighted by molar-refractivity contribution is 7.92. The molecule has 2 aromatic carbocycles. The molecule has 0 aromatic heterocycles. The predicted molar refractivity (Wildman–Crippen MR) is 105 cm³/mol. The number of carbonyl (C=O) groups is 2. The number of benzene rings is 2. The number of nitrogens with zero attached hydrogens (tertiary/aromatic N) is 1. The van der Waals surface area contributed by atoms with Gasteiger partial charge in [-0.2, -0.15) is 0 Å². The summed E-state index contributed by atoms with van der Waals surface area (Å²) in [6, 6.07) is 11.2. The van der Waals surface area contributed by atoms with Gasteiger partial charge >= 0.3 is 5.97 Å². The lowest BCUT2D eigenvalue weighted by Crippen LogP contribution is -2.34. The summed E-state index contributed by atoms with van der Waals surface area (Å²) >= 11 is 0. The molecule has 2 aromatic rings. The first-order valence-corrected chi connectivity index (χ1v) is 10.5. The van der Waals surface area contributed by atoms with Crippen LogP contribution in [0.4, 0.5) is 5.69 Å². The molecule has 0 bridgehead atoms. The first-order valence-electron chi connectivity index (χ1n) is 8.68. The third-order valence-corrected chi connectivity index (χ3v) is 5.84. The Morgan fingerprint density at radius 1 is 1.18 bits per heavy atom.